The van der Waals surface area contributed by atoms with Crippen LogP contribution in [0.25, 0.3) is 0 Å². The van der Waals surface area contributed by atoms with Crippen molar-refractivity contribution in [3.05, 3.63) is 35.1 Å². The fourth-order valence-electron chi connectivity index (χ4n) is 1.84. The molecule has 1 aliphatic heterocycles. The predicted molar refractivity (Wildman–Crippen MR) is 70.8 cm³/mol. The van der Waals surface area contributed by atoms with E-state index in [9.17, 15) is 9.18 Å². The summed E-state index contributed by atoms with van der Waals surface area (Å²) in [5, 5.41) is 0. The highest BCUT2D eigenvalue weighted by molar-refractivity contribution is 7.98. The summed E-state index contributed by atoms with van der Waals surface area (Å²) >= 11 is 1.64. The van der Waals surface area contributed by atoms with Crippen molar-refractivity contribution < 1.29 is 13.9 Å². The number of cyclic esters (lactones) is 1. The lowest BCUT2D eigenvalue weighted by Gasteiger charge is -2.18. The van der Waals surface area contributed by atoms with Crippen LogP contribution in [0.4, 0.5) is 4.39 Å². The van der Waals surface area contributed by atoms with E-state index in [0.717, 1.165) is 5.75 Å². The number of esters is 1. The van der Waals surface area contributed by atoms with Gasteiger partial charge < -0.3 is 4.74 Å². The topological polar surface area (TPSA) is 38.7 Å². The maximum Gasteiger partial charge on any atom is 0.345 e. The number of fused-ring (bicyclic) bond motifs is 1. The lowest BCUT2D eigenvalue weighted by Crippen LogP contribution is -2.23. The molecule has 96 valence electrons. The highest BCUT2D eigenvalue weighted by Gasteiger charge is 2.32. The van der Waals surface area contributed by atoms with Crippen LogP contribution in [0.3, 0.4) is 0 Å². The van der Waals surface area contributed by atoms with Crippen molar-refractivity contribution in [1.82, 2.24) is 0 Å². The fraction of sp³-hybridized carbons (Fsp3) is 0.385. The highest BCUT2D eigenvalue weighted by Crippen LogP contribution is 2.26. The number of carbonyl (C=O) groups excluding carboxylic acids is 1. The van der Waals surface area contributed by atoms with Gasteiger partial charge in [0.1, 0.15) is 5.82 Å². The van der Waals surface area contributed by atoms with E-state index < -0.39 is 17.3 Å². The molecule has 0 fully saturated rings. The molecule has 0 aliphatic carbocycles. The van der Waals surface area contributed by atoms with E-state index in [2.05, 4.69) is 4.99 Å². The molecule has 0 spiro atoms. The Morgan fingerprint density at radius 2 is 2.17 bits per heavy atom. The second-order valence-electron chi connectivity index (χ2n) is 4.71. The molecule has 1 aromatic carbocycles. The van der Waals surface area contributed by atoms with Gasteiger partial charge in [-0.15, -0.1) is 0 Å². The van der Waals surface area contributed by atoms with Gasteiger partial charge in [-0.1, -0.05) is 6.07 Å². The second-order valence-corrected chi connectivity index (χ2v) is 5.58. The number of aliphatic imine (C=N–C) groups is 1. The number of thioether (sulfide) groups is 1. The van der Waals surface area contributed by atoms with Gasteiger partial charge in [0.25, 0.3) is 0 Å². The predicted octanol–water partition coefficient (Wildman–Crippen LogP) is 2.88. The SMILES string of the molecule is CSCC(C)(C)N=C1OC(=O)c2cccc(F)c21. The standard InChI is InChI=1S/C13H14FNO2S/c1-13(2,7-18-3)15-11-10-8(12(16)17-11)5-4-6-9(10)14/h4-6H,7H2,1-3H3. The van der Waals surface area contributed by atoms with E-state index in [1.165, 1.54) is 12.1 Å². The smallest absolute Gasteiger partial charge is 0.345 e. The van der Waals surface area contributed by atoms with Crippen molar-refractivity contribution in [2.75, 3.05) is 12.0 Å². The van der Waals surface area contributed by atoms with Gasteiger partial charge in [0.2, 0.25) is 5.90 Å². The summed E-state index contributed by atoms with van der Waals surface area (Å²) in [6.45, 7) is 3.84. The van der Waals surface area contributed by atoms with Crippen LogP contribution in [-0.4, -0.2) is 29.4 Å². The minimum Gasteiger partial charge on any atom is -0.403 e. The molecule has 5 heteroatoms. The van der Waals surface area contributed by atoms with Gasteiger partial charge in [0.15, 0.2) is 0 Å². The molecule has 0 atom stereocenters. The average Bonchev–Trinajstić information content (AvgIpc) is 2.56. The Balaban J connectivity index is 2.46. The van der Waals surface area contributed by atoms with Crippen LogP contribution in [0.5, 0.6) is 0 Å². The van der Waals surface area contributed by atoms with Crippen LogP contribution in [0.1, 0.15) is 29.8 Å². The number of carbonyl (C=O) groups is 1. The largest absolute Gasteiger partial charge is 0.403 e. The van der Waals surface area contributed by atoms with Crippen LogP contribution in [0, 0.1) is 5.82 Å². The first kappa shape index (κ1) is 13.1. The second kappa shape index (κ2) is 4.72. The van der Waals surface area contributed by atoms with Gasteiger partial charge in [-0.2, -0.15) is 11.8 Å². The minimum absolute atomic E-state index is 0.0900. The number of rotatable bonds is 3. The molecular formula is C13H14FNO2S. The van der Waals surface area contributed by atoms with Gasteiger partial charge in [-0.05, 0) is 32.2 Å². The van der Waals surface area contributed by atoms with Gasteiger partial charge in [-0.25, -0.2) is 14.2 Å². The number of benzene rings is 1. The molecule has 2 rings (SSSR count). The Kier molecular flexibility index (Phi) is 3.43. The summed E-state index contributed by atoms with van der Waals surface area (Å²) in [5.41, 5.74) is 0.0178. The van der Waals surface area contributed by atoms with E-state index in [-0.39, 0.29) is 17.0 Å². The third-order valence-electron chi connectivity index (χ3n) is 2.54. The van der Waals surface area contributed by atoms with E-state index in [0.29, 0.717) is 0 Å². The van der Waals surface area contributed by atoms with Crippen LogP contribution in [-0.2, 0) is 4.74 Å². The summed E-state index contributed by atoms with van der Waals surface area (Å²) in [6.07, 6.45) is 1.97. The molecular weight excluding hydrogens is 253 g/mol. The van der Waals surface area contributed by atoms with Gasteiger partial charge in [0.05, 0.1) is 16.7 Å². The average molecular weight is 267 g/mol. The van der Waals surface area contributed by atoms with Crippen LogP contribution < -0.4 is 0 Å². The molecule has 0 amide bonds. The molecule has 1 heterocycles. The number of ether oxygens (including phenoxy) is 1. The summed E-state index contributed by atoms with van der Waals surface area (Å²) < 4.78 is 18.8. The lowest BCUT2D eigenvalue weighted by atomic mass is 10.1. The summed E-state index contributed by atoms with van der Waals surface area (Å²) in [5.74, 6) is -0.162. The highest BCUT2D eigenvalue weighted by atomic mass is 32.2. The van der Waals surface area contributed by atoms with E-state index in [4.69, 9.17) is 4.74 Å². The van der Waals surface area contributed by atoms with Crippen molar-refractivity contribution in [3.63, 3.8) is 0 Å². The molecule has 0 unspecified atom stereocenters. The molecule has 1 aliphatic rings. The van der Waals surface area contributed by atoms with Gasteiger partial charge >= 0.3 is 5.97 Å². The number of nitrogens with zero attached hydrogens (tertiary/aromatic N) is 1. The third kappa shape index (κ3) is 2.41. The maximum absolute atomic E-state index is 13.8. The molecule has 0 N–H and O–H groups in total. The van der Waals surface area contributed by atoms with Crippen molar-refractivity contribution in [2.24, 2.45) is 4.99 Å². The maximum atomic E-state index is 13.8. The number of halogens is 1. The monoisotopic (exact) mass is 267 g/mol. The number of hydrogen-bond acceptors (Lipinski definition) is 4. The van der Waals surface area contributed by atoms with Crippen molar-refractivity contribution in [2.45, 2.75) is 19.4 Å². The molecule has 1 aromatic rings. The number of hydrogen-bond donors (Lipinski definition) is 0. The fourth-order valence-corrected chi connectivity index (χ4v) is 2.62. The van der Waals surface area contributed by atoms with Crippen LogP contribution in [0.2, 0.25) is 0 Å². The third-order valence-corrected chi connectivity index (χ3v) is 3.53. The van der Waals surface area contributed by atoms with Crippen LogP contribution >= 0.6 is 11.8 Å². The zero-order chi connectivity index (χ0) is 13.3. The molecule has 0 bridgehead atoms. The van der Waals surface area contributed by atoms with Gasteiger partial charge in [0, 0.05) is 5.75 Å². The minimum atomic E-state index is -0.539. The zero-order valence-corrected chi connectivity index (χ0v) is 11.3. The van der Waals surface area contributed by atoms with Gasteiger partial charge in [-0.3, -0.25) is 0 Å². The molecule has 18 heavy (non-hydrogen) atoms. The first-order chi connectivity index (χ1) is 8.44. The molecule has 3 nitrogen and oxygen atoms in total. The Labute approximate surface area is 109 Å². The van der Waals surface area contributed by atoms with Crippen LogP contribution in [0.15, 0.2) is 23.2 Å². The van der Waals surface area contributed by atoms with Crippen molar-refractivity contribution in [1.29, 1.82) is 0 Å². The summed E-state index contributed by atoms with van der Waals surface area (Å²) in [7, 11) is 0. The Bertz CT molecular complexity index is 526. The quantitative estimate of drug-likeness (QED) is 0.790. The zero-order valence-electron chi connectivity index (χ0n) is 10.5. The molecule has 0 radical (unpaired) electrons. The Morgan fingerprint density at radius 3 is 2.83 bits per heavy atom. The first-order valence-corrected chi connectivity index (χ1v) is 6.94. The Hall–Kier alpha value is -1.36. The van der Waals surface area contributed by atoms with Crippen molar-refractivity contribution >= 4 is 23.6 Å². The lowest BCUT2D eigenvalue weighted by molar-refractivity contribution is 0.0736. The molecule has 0 saturated carbocycles. The summed E-state index contributed by atoms with van der Waals surface area (Å²) in [6, 6.07) is 4.34. The van der Waals surface area contributed by atoms with E-state index in [1.54, 1.807) is 17.8 Å². The molecule has 0 saturated heterocycles. The summed E-state index contributed by atoms with van der Waals surface area (Å²) in [4.78, 5) is 16.0. The Morgan fingerprint density at radius 1 is 1.44 bits per heavy atom. The van der Waals surface area contributed by atoms with Crippen molar-refractivity contribution in [3.8, 4) is 0 Å². The first-order valence-electron chi connectivity index (χ1n) is 5.54. The molecule has 0 aromatic heterocycles. The van der Waals surface area contributed by atoms with E-state index >= 15 is 0 Å². The normalized spacial score (nSPS) is 16.9. The van der Waals surface area contributed by atoms with E-state index in [1.807, 2.05) is 20.1 Å².